The number of nitrogens with one attached hydrogen (secondary N) is 1. The number of likely N-dealkylation sites (tertiary alicyclic amines) is 1. The first-order valence-corrected chi connectivity index (χ1v) is 10.0. The average Bonchev–Trinajstić information content (AvgIpc) is 3.41. The molecule has 0 radical (unpaired) electrons. The van der Waals surface area contributed by atoms with Crippen molar-refractivity contribution in [3.63, 3.8) is 0 Å². The second-order valence-electron chi connectivity index (χ2n) is 7.59. The lowest BCUT2D eigenvalue weighted by Crippen LogP contribution is -2.37. The lowest BCUT2D eigenvalue weighted by molar-refractivity contribution is -0.137. The Balaban J connectivity index is 1.64. The van der Waals surface area contributed by atoms with Gasteiger partial charge >= 0.3 is 0 Å². The van der Waals surface area contributed by atoms with Gasteiger partial charge in [0.05, 0.1) is 12.2 Å². The minimum Gasteiger partial charge on any atom is -0.377 e. The average molecular weight is 449 g/mol. The van der Waals surface area contributed by atoms with E-state index in [0.717, 1.165) is 6.07 Å². The molecule has 4 N–H and O–H groups in total. The van der Waals surface area contributed by atoms with E-state index >= 15 is 0 Å². The number of anilines is 1. The molecule has 2 amide bonds. The maximum absolute atomic E-state index is 14.9. The highest BCUT2D eigenvalue weighted by molar-refractivity contribution is 5.97. The number of rotatable bonds is 5. The predicted octanol–water partition coefficient (Wildman–Crippen LogP) is 1.53. The second-order valence-corrected chi connectivity index (χ2v) is 7.59. The van der Waals surface area contributed by atoms with Gasteiger partial charge in [-0.1, -0.05) is 29.1 Å². The first-order chi connectivity index (χ1) is 15.8. The van der Waals surface area contributed by atoms with Crippen molar-refractivity contribution in [2.75, 3.05) is 18.9 Å². The Hall–Kier alpha value is -4.23. The van der Waals surface area contributed by atoms with E-state index in [-0.39, 0.29) is 30.0 Å². The number of amides is 2. The largest absolute Gasteiger partial charge is 0.377 e. The number of nitrogens with two attached hydrogens (primary N) is 1. The van der Waals surface area contributed by atoms with Crippen LogP contribution in [0.3, 0.4) is 0 Å². The fraction of sp³-hybridized carbons (Fsp3) is 0.217. The molecule has 1 aliphatic heterocycles. The summed E-state index contributed by atoms with van der Waals surface area (Å²) in [4.78, 5) is 29.6. The van der Waals surface area contributed by atoms with E-state index in [1.807, 2.05) is 0 Å². The van der Waals surface area contributed by atoms with E-state index in [9.17, 15) is 19.1 Å². The van der Waals surface area contributed by atoms with Gasteiger partial charge in [0, 0.05) is 43.3 Å². The third-order valence-electron chi connectivity index (χ3n) is 5.22. The predicted molar refractivity (Wildman–Crippen MR) is 116 cm³/mol. The quantitative estimate of drug-likeness (QED) is 0.503. The second kappa shape index (κ2) is 8.72. The molecule has 33 heavy (non-hydrogen) atoms. The molecule has 10 heteroatoms. The standard InChI is InChI=1S/C23H20FN5O4/c1-29-9-8-23(32,22(29)31)7-5-14-3-2-4-15(11-14)19-17(24)12-18(20(27-19)21(25)30)26-13-16-6-10-33-28-16/h2-4,6,10-12,26,32H,8-9,13H2,1H3,(H2,25,30)/t23-/m0/s1. The Kier molecular flexibility index (Phi) is 5.81. The fourth-order valence-electron chi connectivity index (χ4n) is 3.42. The molecule has 1 saturated heterocycles. The van der Waals surface area contributed by atoms with Crippen LogP contribution in [0.1, 0.15) is 28.2 Å². The van der Waals surface area contributed by atoms with Crippen LogP contribution in [0.5, 0.6) is 0 Å². The van der Waals surface area contributed by atoms with Crippen LogP contribution in [-0.4, -0.2) is 51.2 Å². The number of aliphatic hydroxyl groups is 1. The van der Waals surface area contributed by atoms with Gasteiger partial charge in [0.25, 0.3) is 11.8 Å². The Labute approximate surface area is 188 Å². The SMILES string of the molecule is CN1CC[C@@](O)(C#Cc2cccc(-c3nc(C(N)=O)c(NCc4ccon4)cc3F)c2)C1=O. The van der Waals surface area contributed by atoms with Crippen LogP contribution in [0.25, 0.3) is 11.3 Å². The van der Waals surface area contributed by atoms with Gasteiger partial charge in [0.15, 0.2) is 11.5 Å². The van der Waals surface area contributed by atoms with Crippen LogP contribution in [0.15, 0.2) is 47.2 Å². The van der Waals surface area contributed by atoms with Gasteiger partial charge in [0.2, 0.25) is 5.60 Å². The fourth-order valence-corrected chi connectivity index (χ4v) is 3.42. The smallest absolute Gasteiger partial charge is 0.269 e. The first-order valence-electron chi connectivity index (χ1n) is 10.0. The van der Waals surface area contributed by atoms with Gasteiger partial charge in [-0.3, -0.25) is 9.59 Å². The zero-order valence-electron chi connectivity index (χ0n) is 17.6. The van der Waals surface area contributed by atoms with Crippen LogP contribution >= 0.6 is 0 Å². The number of benzene rings is 1. The van der Waals surface area contributed by atoms with Crippen molar-refractivity contribution < 1.29 is 23.6 Å². The van der Waals surface area contributed by atoms with E-state index < -0.39 is 23.2 Å². The number of nitrogens with zero attached hydrogens (tertiary/aromatic N) is 3. The van der Waals surface area contributed by atoms with E-state index in [1.54, 1.807) is 37.4 Å². The molecule has 1 aliphatic rings. The molecule has 3 heterocycles. The van der Waals surface area contributed by atoms with Crippen LogP contribution in [0, 0.1) is 17.7 Å². The molecule has 0 bridgehead atoms. The zero-order chi connectivity index (χ0) is 23.6. The van der Waals surface area contributed by atoms with Crippen molar-refractivity contribution in [3.05, 3.63) is 65.4 Å². The lowest BCUT2D eigenvalue weighted by atomic mass is 10.0. The number of carbonyl (C=O) groups excluding carboxylic acids is 2. The van der Waals surface area contributed by atoms with Gasteiger partial charge in [-0.05, 0) is 12.1 Å². The molecule has 1 aromatic carbocycles. The highest BCUT2D eigenvalue weighted by atomic mass is 19.1. The lowest BCUT2D eigenvalue weighted by Gasteiger charge is -2.13. The maximum Gasteiger partial charge on any atom is 0.269 e. The summed E-state index contributed by atoms with van der Waals surface area (Å²) in [6.07, 6.45) is 1.60. The summed E-state index contributed by atoms with van der Waals surface area (Å²) in [5.41, 5.74) is 4.96. The minimum absolute atomic E-state index is 0.0881. The highest BCUT2D eigenvalue weighted by Crippen LogP contribution is 2.27. The summed E-state index contributed by atoms with van der Waals surface area (Å²) in [6, 6.07) is 9.20. The normalized spacial score (nSPS) is 17.5. The number of likely N-dealkylation sites (N-methyl/N-ethyl adjacent to an activating group) is 1. The Morgan fingerprint density at radius 2 is 2.21 bits per heavy atom. The number of hydrogen-bond acceptors (Lipinski definition) is 7. The number of pyridine rings is 1. The van der Waals surface area contributed by atoms with Crippen molar-refractivity contribution in [3.8, 4) is 23.1 Å². The van der Waals surface area contributed by atoms with E-state index in [4.69, 9.17) is 10.3 Å². The summed E-state index contributed by atoms with van der Waals surface area (Å²) in [5, 5.41) is 17.1. The molecule has 4 rings (SSSR count). The number of primary amides is 1. The Morgan fingerprint density at radius 1 is 1.39 bits per heavy atom. The van der Waals surface area contributed by atoms with Gasteiger partial charge in [-0.25, -0.2) is 9.37 Å². The number of hydrogen-bond donors (Lipinski definition) is 3. The molecule has 1 atom stereocenters. The highest BCUT2D eigenvalue weighted by Gasteiger charge is 2.42. The molecule has 3 aromatic rings. The van der Waals surface area contributed by atoms with E-state index in [1.165, 1.54) is 11.2 Å². The minimum atomic E-state index is -1.75. The van der Waals surface area contributed by atoms with Gasteiger partial charge in [-0.15, -0.1) is 0 Å². The molecule has 168 valence electrons. The van der Waals surface area contributed by atoms with Crippen LogP contribution < -0.4 is 11.1 Å². The van der Waals surface area contributed by atoms with E-state index in [0.29, 0.717) is 23.4 Å². The van der Waals surface area contributed by atoms with Crippen molar-refractivity contribution in [2.24, 2.45) is 5.73 Å². The van der Waals surface area contributed by atoms with Crippen molar-refractivity contribution in [2.45, 2.75) is 18.6 Å². The van der Waals surface area contributed by atoms with Gasteiger partial charge < -0.3 is 25.6 Å². The number of carbonyl (C=O) groups is 2. The molecule has 0 saturated carbocycles. The maximum atomic E-state index is 14.9. The molecule has 2 aromatic heterocycles. The zero-order valence-corrected chi connectivity index (χ0v) is 17.6. The van der Waals surface area contributed by atoms with Gasteiger partial charge in [0.1, 0.15) is 17.7 Å². The van der Waals surface area contributed by atoms with Gasteiger partial charge in [-0.2, -0.15) is 0 Å². The summed E-state index contributed by atoms with van der Waals surface area (Å²) < 4.78 is 19.7. The van der Waals surface area contributed by atoms with Crippen molar-refractivity contribution in [1.29, 1.82) is 0 Å². The monoisotopic (exact) mass is 449 g/mol. The molecule has 1 fully saturated rings. The van der Waals surface area contributed by atoms with Crippen LogP contribution in [0.4, 0.5) is 10.1 Å². The third kappa shape index (κ3) is 4.53. The third-order valence-corrected chi connectivity index (χ3v) is 5.22. The summed E-state index contributed by atoms with van der Waals surface area (Å²) in [6.45, 7) is 0.589. The van der Waals surface area contributed by atoms with Crippen LogP contribution in [0.2, 0.25) is 0 Å². The topological polar surface area (TPSA) is 135 Å². The van der Waals surface area contributed by atoms with Crippen molar-refractivity contribution >= 4 is 17.5 Å². The Morgan fingerprint density at radius 3 is 2.88 bits per heavy atom. The summed E-state index contributed by atoms with van der Waals surface area (Å²) >= 11 is 0. The van der Waals surface area contributed by atoms with Crippen LogP contribution in [-0.2, 0) is 11.3 Å². The Bertz CT molecular complexity index is 1280. The molecule has 0 spiro atoms. The van der Waals surface area contributed by atoms with E-state index in [2.05, 4.69) is 27.3 Å². The molecule has 0 unspecified atom stereocenters. The molecule has 0 aliphatic carbocycles. The van der Waals surface area contributed by atoms with Crippen molar-refractivity contribution in [1.82, 2.24) is 15.0 Å². The molecular weight excluding hydrogens is 429 g/mol. The number of aromatic nitrogens is 2. The first kappa shape index (κ1) is 22.0. The number of halogens is 1. The summed E-state index contributed by atoms with van der Waals surface area (Å²) in [5.74, 6) is 3.42. The molecular formula is C23H20FN5O4. The summed E-state index contributed by atoms with van der Waals surface area (Å²) in [7, 11) is 1.59. The molecule has 9 nitrogen and oxygen atoms in total.